The summed E-state index contributed by atoms with van der Waals surface area (Å²) in [6.45, 7) is 3.23. The molecule has 0 saturated carbocycles. The van der Waals surface area contributed by atoms with Crippen molar-refractivity contribution in [1.82, 2.24) is 14.9 Å². The third-order valence-corrected chi connectivity index (χ3v) is 4.90. The molecule has 0 unspecified atom stereocenters. The lowest BCUT2D eigenvalue weighted by Gasteiger charge is -2.09. The Labute approximate surface area is 122 Å². The summed E-state index contributed by atoms with van der Waals surface area (Å²) >= 11 is 3.57. The number of nitrogens with one attached hydrogen (secondary N) is 1. The first-order valence-electron chi connectivity index (χ1n) is 6.39. The van der Waals surface area contributed by atoms with Gasteiger partial charge in [0.05, 0.1) is 0 Å². The smallest absolute Gasteiger partial charge is 0.224 e. The summed E-state index contributed by atoms with van der Waals surface area (Å²) in [4.78, 5) is 13.8. The van der Waals surface area contributed by atoms with E-state index in [0.29, 0.717) is 5.95 Å². The van der Waals surface area contributed by atoms with E-state index in [-0.39, 0.29) is 0 Å². The van der Waals surface area contributed by atoms with Crippen molar-refractivity contribution in [1.29, 1.82) is 0 Å². The van der Waals surface area contributed by atoms with Crippen LogP contribution in [0.3, 0.4) is 0 Å². The van der Waals surface area contributed by atoms with Crippen LogP contribution in [0.2, 0.25) is 0 Å². The van der Waals surface area contributed by atoms with E-state index in [4.69, 9.17) is 0 Å². The van der Waals surface area contributed by atoms with E-state index in [9.17, 15) is 0 Å². The van der Waals surface area contributed by atoms with E-state index in [1.807, 2.05) is 7.05 Å². The average molecular weight is 296 g/mol. The van der Waals surface area contributed by atoms with Crippen LogP contribution >= 0.6 is 23.1 Å². The third-order valence-electron chi connectivity index (χ3n) is 2.76. The molecule has 4 nitrogen and oxygen atoms in total. The summed E-state index contributed by atoms with van der Waals surface area (Å²) < 4.78 is 0. The fraction of sp³-hybridized carbons (Fsp3) is 0.538. The number of anilines is 1. The predicted octanol–water partition coefficient (Wildman–Crippen LogP) is 2.95. The Balaban J connectivity index is 2.30. The Morgan fingerprint density at radius 2 is 2.16 bits per heavy atom. The Bertz CT molecular complexity index is 551. The maximum Gasteiger partial charge on any atom is 0.224 e. The summed E-state index contributed by atoms with van der Waals surface area (Å²) in [7, 11) is 6.05. The van der Waals surface area contributed by atoms with E-state index >= 15 is 0 Å². The summed E-state index contributed by atoms with van der Waals surface area (Å²) in [5.41, 5.74) is 0. The van der Waals surface area contributed by atoms with Crippen molar-refractivity contribution in [2.24, 2.45) is 0 Å². The molecule has 6 heteroatoms. The van der Waals surface area contributed by atoms with Gasteiger partial charge in [-0.2, -0.15) is 0 Å². The van der Waals surface area contributed by atoms with Gasteiger partial charge in [-0.3, -0.25) is 0 Å². The highest BCUT2D eigenvalue weighted by atomic mass is 32.2. The van der Waals surface area contributed by atoms with Gasteiger partial charge in [-0.1, -0.05) is 6.92 Å². The summed E-state index contributed by atoms with van der Waals surface area (Å²) in [5.74, 6) is 1.75. The molecule has 0 aliphatic heterocycles. The highest BCUT2D eigenvalue weighted by molar-refractivity contribution is 7.99. The molecule has 0 spiro atoms. The fourth-order valence-electron chi connectivity index (χ4n) is 1.67. The number of hydrogen-bond acceptors (Lipinski definition) is 6. The highest BCUT2D eigenvalue weighted by Crippen LogP contribution is 2.32. The second-order valence-corrected chi connectivity index (χ2v) is 6.74. The molecule has 0 radical (unpaired) electrons. The Morgan fingerprint density at radius 1 is 1.37 bits per heavy atom. The van der Waals surface area contributed by atoms with E-state index in [2.05, 4.69) is 47.3 Å². The molecule has 0 aromatic carbocycles. The molecule has 2 heterocycles. The number of rotatable bonds is 6. The lowest BCUT2D eigenvalue weighted by Crippen LogP contribution is -2.14. The molecule has 0 amide bonds. The molecule has 0 atom stereocenters. The van der Waals surface area contributed by atoms with Crippen molar-refractivity contribution < 1.29 is 0 Å². The van der Waals surface area contributed by atoms with Crippen LogP contribution in [0.1, 0.15) is 11.8 Å². The van der Waals surface area contributed by atoms with Gasteiger partial charge in [0.15, 0.2) is 0 Å². The van der Waals surface area contributed by atoms with Gasteiger partial charge in [0.2, 0.25) is 5.95 Å². The van der Waals surface area contributed by atoms with Crippen molar-refractivity contribution in [2.75, 3.05) is 38.8 Å². The lowest BCUT2D eigenvalue weighted by atomic mass is 10.3. The monoisotopic (exact) mass is 296 g/mol. The number of nitrogens with zero attached hydrogens (tertiary/aromatic N) is 3. The molecule has 0 fully saturated rings. The van der Waals surface area contributed by atoms with E-state index in [0.717, 1.165) is 28.6 Å². The van der Waals surface area contributed by atoms with Crippen molar-refractivity contribution in [3.8, 4) is 0 Å². The number of fused-ring (bicyclic) bond motifs is 1. The molecule has 2 rings (SSSR count). The molecule has 104 valence electrons. The van der Waals surface area contributed by atoms with Crippen molar-refractivity contribution in [2.45, 2.75) is 18.4 Å². The van der Waals surface area contributed by atoms with E-state index < -0.39 is 0 Å². The van der Waals surface area contributed by atoms with Crippen LogP contribution in [0, 0.1) is 0 Å². The van der Waals surface area contributed by atoms with Gasteiger partial charge >= 0.3 is 0 Å². The Morgan fingerprint density at radius 3 is 2.79 bits per heavy atom. The standard InChI is InChI=1S/C13H20N4S2/c1-5-9-8-10-11(18-7-6-17(3)4)15-13(14-2)16-12(10)19-9/h8H,5-7H2,1-4H3,(H,14,15,16). The van der Waals surface area contributed by atoms with Crippen molar-refractivity contribution >= 4 is 39.3 Å². The first-order chi connectivity index (χ1) is 9.13. The zero-order valence-electron chi connectivity index (χ0n) is 11.9. The number of aromatic nitrogens is 2. The van der Waals surface area contributed by atoms with Gasteiger partial charge in [-0.05, 0) is 26.6 Å². The molecule has 0 bridgehead atoms. The topological polar surface area (TPSA) is 41.1 Å². The van der Waals surface area contributed by atoms with Crippen LogP contribution in [0.15, 0.2) is 11.1 Å². The fourth-order valence-corrected chi connectivity index (χ4v) is 3.81. The van der Waals surface area contributed by atoms with Gasteiger partial charge in [0.25, 0.3) is 0 Å². The molecule has 0 aliphatic carbocycles. The van der Waals surface area contributed by atoms with Crippen molar-refractivity contribution in [3.63, 3.8) is 0 Å². The van der Waals surface area contributed by atoms with Gasteiger partial charge in [-0.15, -0.1) is 23.1 Å². The number of aryl methyl sites for hydroxylation is 1. The van der Waals surface area contributed by atoms with Gasteiger partial charge < -0.3 is 10.2 Å². The van der Waals surface area contributed by atoms with Crippen LogP contribution in [0.5, 0.6) is 0 Å². The van der Waals surface area contributed by atoms with Gasteiger partial charge in [0.1, 0.15) is 9.86 Å². The second kappa shape index (κ2) is 6.54. The Kier molecular flexibility index (Phi) is 5.01. The zero-order valence-corrected chi connectivity index (χ0v) is 13.5. The largest absolute Gasteiger partial charge is 0.357 e. The molecule has 1 N–H and O–H groups in total. The summed E-state index contributed by atoms with van der Waals surface area (Å²) in [6, 6.07) is 2.23. The maximum absolute atomic E-state index is 4.59. The highest BCUT2D eigenvalue weighted by Gasteiger charge is 2.11. The number of thioether (sulfide) groups is 1. The SMILES string of the molecule is CCc1cc2c(SCCN(C)C)nc(NC)nc2s1. The van der Waals surface area contributed by atoms with E-state index in [1.54, 1.807) is 23.1 Å². The second-order valence-electron chi connectivity index (χ2n) is 4.54. The summed E-state index contributed by atoms with van der Waals surface area (Å²) in [5, 5.41) is 5.34. The minimum Gasteiger partial charge on any atom is -0.357 e. The van der Waals surface area contributed by atoms with Crippen LogP contribution in [0.25, 0.3) is 10.2 Å². The quantitative estimate of drug-likeness (QED) is 0.655. The molecule has 2 aromatic rings. The van der Waals surface area contributed by atoms with Gasteiger partial charge in [-0.25, -0.2) is 9.97 Å². The molecule has 2 aromatic heterocycles. The number of hydrogen-bond donors (Lipinski definition) is 1. The van der Waals surface area contributed by atoms with Crippen LogP contribution in [0.4, 0.5) is 5.95 Å². The zero-order chi connectivity index (χ0) is 13.8. The first-order valence-corrected chi connectivity index (χ1v) is 8.20. The maximum atomic E-state index is 4.59. The van der Waals surface area contributed by atoms with Crippen LogP contribution in [-0.4, -0.2) is 48.3 Å². The minimum atomic E-state index is 0.712. The normalized spacial score (nSPS) is 11.4. The molecule has 0 aliphatic rings. The number of thiophene rings is 1. The van der Waals surface area contributed by atoms with Crippen LogP contribution < -0.4 is 5.32 Å². The molecule has 0 saturated heterocycles. The molecule has 19 heavy (non-hydrogen) atoms. The molecular weight excluding hydrogens is 276 g/mol. The summed E-state index contributed by atoms with van der Waals surface area (Å²) in [6.07, 6.45) is 1.05. The molecular formula is C13H20N4S2. The lowest BCUT2D eigenvalue weighted by molar-refractivity contribution is 0.437. The Hall–Kier alpha value is -0.850. The minimum absolute atomic E-state index is 0.712. The predicted molar refractivity (Wildman–Crippen MR) is 85.6 cm³/mol. The van der Waals surface area contributed by atoms with E-state index in [1.165, 1.54) is 10.3 Å². The third kappa shape index (κ3) is 3.58. The van der Waals surface area contributed by atoms with Crippen LogP contribution in [-0.2, 0) is 6.42 Å². The average Bonchev–Trinajstić information content (AvgIpc) is 2.81. The first kappa shape index (κ1) is 14.6. The van der Waals surface area contributed by atoms with Crippen molar-refractivity contribution in [3.05, 3.63) is 10.9 Å². The van der Waals surface area contributed by atoms with Gasteiger partial charge in [0, 0.05) is 29.6 Å².